The number of alkyl halides is 2. The summed E-state index contributed by atoms with van der Waals surface area (Å²) in [7, 11) is -3.94. The van der Waals surface area contributed by atoms with Gasteiger partial charge in [0.25, 0.3) is 6.43 Å². The summed E-state index contributed by atoms with van der Waals surface area (Å²) in [4.78, 5) is 24.2. The summed E-state index contributed by atoms with van der Waals surface area (Å²) in [6, 6.07) is 11.2. The van der Waals surface area contributed by atoms with Gasteiger partial charge in [-0.25, -0.2) is 26.7 Å². The zero-order valence-corrected chi connectivity index (χ0v) is 15.8. The van der Waals surface area contributed by atoms with Crippen molar-refractivity contribution in [2.45, 2.75) is 17.9 Å². The first-order valence-electron chi connectivity index (χ1n) is 8.45. The van der Waals surface area contributed by atoms with E-state index >= 15 is 0 Å². The number of carbonyl (C=O) groups excluding carboxylic acids is 2. The van der Waals surface area contributed by atoms with Crippen LogP contribution in [0.2, 0.25) is 0 Å². The molecule has 3 amide bonds. The third kappa shape index (κ3) is 5.27. The highest BCUT2D eigenvalue weighted by atomic mass is 32.2. The summed E-state index contributed by atoms with van der Waals surface area (Å²) >= 11 is 0. The Balaban J connectivity index is 1.69. The molecule has 1 fully saturated rings. The third-order valence-electron chi connectivity index (χ3n) is 3.97. The molecule has 0 radical (unpaired) electrons. The van der Waals surface area contributed by atoms with Gasteiger partial charge in [0, 0.05) is 18.3 Å². The first-order valence-corrected chi connectivity index (χ1v) is 9.94. The summed E-state index contributed by atoms with van der Waals surface area (Å²) in [5, 5.41) is 2.16. The van der Waals surface area contributed by atoms with Crippen molar-refractivity contribution >= 4 is 27.6 Å². The van der Waals surface area contributed by atoms with Crippen molar-refractivity contribution < 1.29 is 31.5 Å². The Morgan fingerprint density at radius 1 is 1.14 bits per heavy atom. The number of hydrogen-bond acceptors (Lipinski definition) is 5. The average molecular weight is 425 g/mol. The molecule has 11 heteroatoms. The average Bonchev–Trinajstić information content (AvgIpc) is 3.03. The van der Waals surface area contributed by atoms with Gasteiger partial charge < -0.3 is 4.74 Å². The highest BCUT2D eigenvalue weighted by Crippen LogP contribution is 2.20. The molecule has 1 saturated heterocycles. The molecule has 0 aromatic heterocycles. The molecule has 8 nitrogen and oxygen atoms in total. The Labute approximate surface area is 165 Å². The second-order valence-electron chi connectivity index (χ2n) is 6.11. The largest absolute Gasteiger partial charge is 0.488 e. The number of sulfonamides is 1. The summed E-state index contributed by atoms with van der Waals surface area (Å²) in [5.41, 5.74) is 1.01. The lowest BCUT2D eigenvalue weighted by atomic mass is 10.2. The molecule has 2 N–H and O–H groups in total. The van der Waals surface area contributed by atoms with E-state index in [1.807, 2.05) is 0 Å². The quantitative estimate of drug-likeness (QED) is 0.629. The highest BCUT2D eigenvalue weighted by molar-refractivity contribution is 7.89. The molecule has 2 aromatic rings. The predicted octanol–water partition coefficient (Wildman–Crippen LogP) is 1.87. The maximum atomic E-state index is 12.5. The van der Waals surface area contributed by atoms with Gasteiger partial charge in [0.05, 0.1) is 4.90 Å². The van der Waals surface area contributed by atoms with Crippen molar-refractivity contribution in [2.75, 3.05) is 18.1 Å². The van der Waals surface area contributed by atoms with Crippen molar-refractivity contribution in [2.24, 2.45) is 0 Å². The van der Waals surface area contributed by atoms with E-state index in [0.717, 1.165) is 6.07 Å². The van der Waals surface area contributed by atoms with Gasteiger partial charge in [-0.3, -0.25) is 15.0 Å². The standard InChI is InChI=1S/C18H17F2N3O5S/c19-16(20)11-28-14-5-2-6-15(8-14)29(26,27)21-9-12-3-1-4-13(7-12)23-10-17(24)22-18(23)25/h1-8,16,21H,9-11H2,(H,22,24,25). The van der Waals surface area contributed by atoms with Gasteiger partial charge in [0.1, 0.15) is 18.9 Å². The molecule has 0 bridgehead atoms. The van der Waals surface area contributed by atoms with Gasteiger partial charge in [0.2, 0.25) is 15.9 Å². The van der Waals surface area contributed by atoms with Gasteiger partial charge >= 0.3 is 6.03 Å². The van der Waals surface area contributed by atoms with E-state index < -0.39 is 35.0 Å². The number of ether oxygens (including phenoxy) is 1. The van der Waals surface area contributed by atoms with E-state index in [0.29, 0.717) is 11.3 Å². The number of imide groups is 1. The zero-order valence-electron chi connectivity index (χ0n) is 15.0. The van der Waals surface area contributed by atoms with Crippen molar-refractivity contribution in [3.63, 3.8) is 0 Å². The lowest BCUT2D eigenvalue weighted by Gasteiger charge is -2.15. The number of nitrogens with one attached hydrogen (secondary N) is 2. The molecule has 0 atom stereocenters. The lowest BCUT2D eigenvalue weighted by Crippen LogP contribution is -2.28. The molecule has 0 aliphatic carbocycles. The maximum absolute atomic E-state index is 12.5. The Bertz CT molecular complexity index is 1030. The van der Waals surface area contributed by atoms with Crippen LogP contribution < -0.4 is 19.7 Å². The van der Waals surface area contributed by atoms with E-state index in [2.05, 4.69) is 10.0 Å². The second-order valence-corrected chi connectivity index (χ2v) is 7.88. The number of benzene rings is 2. The number of nitrogens with zero attached hydrogens (tertiary/aromatic N) is 1. The number of hydrogen-bond donors (Lipinski definition) is 2. The first kappa shape index (κ1) is 20.7. The highest BCUT2D eigenvalue weighted by Gasteiger charge is 2.28. The molecule has 154 valence electrons. The van der Waals surface area contributed by atoms with Crippen LogP contribution >= 0.6 is 0 Å². The molecule has 1 heterocycles. The number of rotatable bonds is 8. The number of carbonyl (C=O) groups is 2. The zero-order chi connectivity index (χ0) is 21.0. The summed E-state index contributed by atoms with van der Waals surface area (Å²) in [6.07, 6.45) is -2.67. The molecular formula is C18H17F2N3O5S. The normalized spacial score (nSPS) is 14.4. The van der Waals surface area contributed by atoms with Gasteiger partial charge in [-0.1, -0.05) is 18.2 Å². The fraction of sp³-hybridized carbons (Fsp3) is 0.222. The minimum absolute atomic E-state index is 0.0138. The molecule has 1 aliphatic rings. The van der Waals surface area contributed by atoms with E-state index in [4.69, 9.17) is 4.74 Å². The van der Waals surface area contributed by atoms with Crippen molar-refractivity contribution in [3.8, 4) is 5.75 Å². The van der Waals surface area contributed by atoms with Crippen LogP contribution in [-0.4, -0.2) is 39.9 Å². The van der Waals surface area contributed by atoms with Crippen molar-refractivity contribution in [1.82, 2.24) is 10.0 Å². The van der Waals surface area contributed by atoms with E-state index in [9.17, 15) is 26.8 Å². The first-order chi connectivity index (χ1) is 13.7. The van der Waals surface area contributed by atoms with Gasteiger partial charge in [-0.2, -0.15) is 0 Å². The van der Waals surface area contributed by atoms with Crippen LogP contribution in [0, 0.1) is 0 Å². The van der Waals surface area contributed by atoms with Crippen molar-refractivity contribution in [1.29, 1.82) is 0 Å². The third-order valence-corrected chi connectivity index (χ3v) is 5.37. The fourth-order valence-electron chi connectivity index (χ4n) is 2.64. The maximum Gasteiger partial charge on any atom is 0.329 e. The van der Waals surface area contributed by atoms with E-state index in [1.54, 1.807) is 24.3 Å². The van der Waals surface area contributed by atoms with E-state index in [-0.39, 0.29) is 23.7 Å². The van der Waals surface area contributed by atoms with Gasteiger partial charge in [-0.05, 0) is 29.8 Å². The van der Waals surface area contributed by atoms with Gasteiger partial charge in [0.15, 0.2) is 0 Å². The minimum atomic E-state index is -3.94. The monoisotopic (exact) mass is 425 g/mol. The molecular weight excluding hydrogens is 408 g/mol. The molecule has 0 unspecified atom stereocenters. The molecule has 3 rings (SSSR count). The summed E-state index contributed by atoms with van der Waals surface area (Å²) in [6.45, 7) is -1.03. The number of amides is 3. The van der Waals surface area contributed by atoms with Crippen LogP contribution in [0.3, 0.4) is 0 Å². The van der Waals surface area contributed by atoms with Crippen LogP contribution in [0.25, 0.3) is 0 Å². The molecule has 2 aromatic carbocycles. The number of urea groups is 1. The smallest absolute Gasteiger partial charge is 0.329 e. The van der Waals surface area contributed by atoms with Crippen molar-refractivity contribution in [3.05, 3.63) is 54.1 Å². The lowest BCUT2D eigenvalue weighted by molar-refractivity contribution is -0.117. The Morgan fingerprint density at radius 3 is 2.59 bits per heavy atom. The molecule has 1 aliphatic heterocycles. The topological polar surface area (TPSA) is 105 Å². The Hall–Kier alpha value is -3.05. The summed E-state index contributed by atoms with van der Waals surface area (Å²) < 4.78 is 56.7. The summed E-state index contributed by atoms with van der Waals surface area (Å²) in [5.74, 6) is -0.407. The van der Waals surface area contributed by atoms with Crippen LogP contribution in [0.15, 0.2) is 53.4 Å². The van der Waals surface area contributed by atoms with Crippen LogP contribution in [0.1, 0.15) is 5.56 Å². The number of anilines is 1. The van der Waals surface area contributed by atoms with E-state index in [1.165, 1.54) is 23.1 Å². The number of halogens is 2. The molecule has 0 spiro atoms. The van der Waals surface area contributed by atoms with Crippen LogP contribution in [-0.2, 0) is 21.4 Å². The predicted molar refractivity (Wildman–Crippen MR) is 99.3 cm³/mol. The van der Waals surface area contributed by atoms with Crippen LogP contribution in [0.4, 0.5) is 19.3 Å². The Kier molecular flexibility index (Phi) is 6.09. The second kappa shape index (κ2) is 8.53. The SMILES string of the molecule is O=C1CN(c2cccc(CNS(=O)(=O)c3cccc(OCC(F)F)c3)c2)C(=O)N1. The van der Waals surface area contributed by atoms with Crippen LogP contribution in [0.5, 0.6) is 5.75 Å². The Morgan fingerprint density at radius 2 is 1.90 bits per heavy atom. The fourth-order valence-corrected chi connectivity index (χ4v) is 3.69. The van der Waals surface area contributed by atoms with Gasteiger partial charge in [-0.15, -0.1) is 0 Å². The minimum Gasteiger partial charge on any atom is -0.488 e. The molecule has 29 heavy (non-hydrogen) atoms. The molecule has 0 saturated carbocycles.